The summed E-state index contributed by atoms with van der Waals surface area (Å²) in [5.41, 5.74) is 1.02. The third-order valence-electron chi connectivity index (χ3n) is 3.49. The summed E-state index contributed by atoms with van der Waals surface area (Å²) in [6.45, 7) is 8.62. The minimum absolute atomic E-state index is 0. The molecule has 0 spiro atoms. The Hall–Kier alpha value is -1.03. The van der Waals surface area contributed by atoms with Crippen LogP contribution in [0.3, 0.4) is 0 Å². The summed E-state index contributed by atoms with van der Waals surface area (Å²) in [5.74, 6) is 1.46. The molecule has 25 heavy (non-hydrogen) atoms. The number of methoxy groups -OCH3 is 1. The molecule has 0 atom stereocenters. The molecule has 0 aromatic heterocycles. The monoisotopic (exact) mass is 483 g/mol. The molecule has 0 unspecified atom stereocenters. The van der Waals surface area contributed by atoms with Crippen LogP contribution in [0.2, 0.25) is 0 Å². The lowest BCUT2D eigenvalue weighted by Gasteiger charge is -2.19. The smallest absolute Gasteiger partial charge is 0.191 e. The van der Waals surface area contributed by atoms with Gasteiger partial charge in [0, 0.05) is 13.1 Å². The Morgan fingerprint density at radius 2 is 1.92 bits per heavy atom. The molecule has 1 rings (SSSR count). The number of rotatable bonds is 7. The average Bonchev–Trinajstić information content (AvgIpc) is 2.51. The van der Waals surface area contributed by atoms with Gasteiger partial charge in [-0.3, -0.25) is 0 Å². The average molecular weight is 483 g/mol. The van der Waals surface area contributed by atoms with Crippen LogP contribution in [-0.2, 0) is 16.4 Å². The molecule has 0 aliphatic heterocycles. The van der Waals surface area contributed by atoms with E-state index in [1.54, 1.807) is 27.9 Å². The van der Waals surface area contributed by atoms with Crippen LogP contribution in [0.5, 0.6) is 5.75 Å². The Labute approximate surface area is 168 Å². The molecule has 1 aromatic rings. The molecule has 0 saturated heterocycles. The molecule has 0 heterocycles. The van der Waals surface area contributed by atoms with E-state index in [-0.39, 0.29) is 29.7 Å². The SMILES string of the molecule is CCNC(=NCc1cccc(OC)c1)NCCS(=O)(=O)C(C)(C)C.I. The van der Waals surface area contributed by atoms with Crippen molar-refractivity contribution in [3.63, 3.8) is 0 Å². The maximum absolute atomic E-state index is 12.1. The number of guanidine groups is 1. The minimum atomic E-state index is -3.15. The Kier molecular flexibility index (Phi) is 10.4. The highest BCUT2D eigenvalue weighted by molar-refractivity contribution is 14.0. The molecule has 8 heteroatoms. The lowest BCUT2D eigenvalue weighted by atomic mass is 10.2. The van der Waals surface area contributed by atoms with Gasteiger partial charge in [0.2, 0.25) is 0 Å². The fourth-order valence-corrected chi connectivity index (χ4v) is 2.88. The lowest BCUT2D eigenvalue weighted by Crippen LogP contribution is -2.41. The van der Waals surface area contributed by atoms with Gasteiger partial charge in [-0.25, -0.2) is 13.4 Å². The normalized spacial score (nSPS) is 12.3. The molecular formula is C17H30IN3O3S. The number of nitrogens with one attached hydrogen (secondary N) is 2. The topological polar surface area (TPSA) is 79.8 Å². The number of aliphatic imine (C=N–C) groups is 1. The highest BCUT2D eigenvalue weighted by Gasteiger charge is 2.28. The molecule has 0 bridgehead atoms. The maximum atomic E-state index is 12.1. The van der Waals surface area contributed by atoms with E-state index in [1.807, 2.05) is 31.2 Å². The first-order valence-corrected chi connectivity index (χ1v) is 9.72. The fraction of sp³-hybridized carbons (Fsp3) is 0.588. The molecule has 0 radical (unpaired) electrons. The first kappa shape index (κ1) is 24.0. The van der Waals surface area contributed by atoms with E-state index in [0.717, 1.165) is 11.3 Å². The zero-order chi connectivity index (χ0) is 18.2. The van der Waals surface area contributed by atoms with Gasteiger partial charge < -0.3 is 15.4 Å². The van der Waals surface area contributed by atoms with Crippen molar-refractivity contribution in [1.29, 1.82) is 0 Å². The number of ether oxygens (including phenoxy) is 1. The summed E-state index contributed by atoms with van der Waals surface area (Å²) < 4.78 is 28.7. The van der Waals surface area contributed by atoms with Crippen molar-refractivity contribution < 1.29 is 13.2 Å². The second-order valence-corrected chi connectivity index (χ2v) is 9.27. The third kappa shape index (κ3) is 8.26. The summed E-state index contributed by atoms with van der Waals surface area (Å²) in [6, 6.07) is 7.70. The lowest BCUT2D eigenvalue weighted by molar-refractivity contribution is 0.414. The van der Waals surface area contributed by atoms with Gasteiger partial charge in [-0.1, -0.05) is 12.1 Å². The molecular weight excluding hydrogens is 453 g/mol. The molecule has 0 aliphatic carbocycles. The summed E-state index contributed by atoms with van der Waals surface area (Å²) in [6.07, 6.45) is 0. The van der Waals surface area contributed by atoms with Gasteiger partial charge in [0.15, 0.2) is 15.8 Å². The van der Waals surface area contributed by atoms with Crippen molar-refractivity contribution in [2.45, 2.75) is 39.0 Å². The van der Waals surface area contributed by atoms with E-state index in [1.165, 1.54) is 0 Å². The van der Waals surface area contributed by atoms with Gasteiger partial charge in [-0.05, 0) is 45.4 Å². The number of benzene rings is 1. The van der Waals surface area contributed by atoms with Crippen LogP contribution in [0, 0.1) is 0 Å². The van der Waals surface area contributed by atoms with Crippen molar-refractivity contribution >= 4 is 39.8 Å². The number of halogens is 1. The molecule has 6 nitrogen and oxygen atoms in total. The fourth-order valence-electron chi connectivity index (χ4n) is 1.89. The number of sulfone groups is 1. The third-order valence-corrected chi connectivity index (χ3v) is 6.10. The summed E-state index contributed by atoms with van der Waals surface area (Å²) in [7, 11) is -1.52. The van der Waals surface area contributed by atoms with Gasteiger partial charge >= 0.3 is 0 Å². The van der Waals surface area contributed by atoms with Crippen LogP contribution in [0.25, 0.3) is 0 Å². The second-order valence-electron chi connectivity index (χ2n) is 6.40. The van der Waals surface area contributed by atoms with E-state index < -0.39 is 14.6 Å². The molecule has 0 fully saturated rings. The van der Waals surface area contributed by atoms with E-state index in [2.05, 4.69) is 15.6 Å². The standard InChI is InChI=1S/C17H29N3O3S.HI/c1-6-18-16(19-10-11-24(21,22)17(2,3)4)20-13-14-8-7-9-15(12-14)23-5;/h7-9,12H,6,10-11,13H2,1-5H3,(H2,18,19,20);1H. The van der Waals surface area contributed by atoms with Crippen molar-refractivity contribution in [3.05, 3.63) is 29.8 Å². The van der Waals surface area contributed by atoms with Gasteiger partial charge in [0.25, 0.3) is 0 Å². The second kappa shape index (κ2) is 10.8. The molecule has 0 aliphatic rings. The van der Waals surface area contributed by atoms with Crippen LogP contribution in [-0.4, -0.2) is 45.1 Å². The zero-order valence-electron chi connectivity index (χ0n) is 15.6. The Morgan fingerprint density at radius 1 is 1.24 bits per heavy atom. The zero-order valence-corrected chi connectivity index (χ0v) is 18.8. The van der Waals surface area contributed by atoms with Gasteiger partial charge in [0.05, 0.1) is 24.2 Å². The highest BCUT2D eigenvalue weighted by atomic mass is 127. The number of hydrogen-bond acceptors (Lipinski definition) is 4. The van der Waals surface area contributed by atoms with Crippen LogP contribution in [0.4, 0.5) is 0 Å². The van der Waals surface area contributed by atoms with Crippen LogP contribution in [0.1, 0.15) is 33.3 Å². The van der Waals surface area contributed by atoms with Crippen molar-refractivity contribution in [2.75, 3.05) is 26.0 Å². The Bertz CT molecular complexity index is 655. The van der Waals surface area contributed by atoms with Crippen LogP contribution in [0.15, 0.2) is 29.3 Å². The Balaban J connectivity index is 0.00000576. The van der Waals surface area contributed by atoms with Crippen LogP contribution < -0.4 is 15.4 Å². The highest BCUT2D eigenvalue weighted by Crippen LogP contribution is 2.15. The van der Waals surface area contributed by atoms with E-state index in [9.17, 15) is 8.42 Å². The minimum Gasteiger partial charge on any atom is -0.497 e. The quantitative estimate of drug-likeness (QED) is 0.354. The van der Waals surface area contributed by atoms with E-state index in [4.69, 9.17) is 4.74 Å². The first-order chi connectivity index (χ1) is 11.2. The predicted octanol–water partition coefficient (Wildman–Crippen LogP) is 2.58. The summed E-state index contributed by atoms with van der Waals surface area (Å²) in [5, 5.41) is 6.20. The molecule has 144 valence electrons. The Morgan fingerprint density at radius 3 is 2.48 bits per heavy atom. The number of hydrogen-bond donors (Lipinski definition) is 2. The predicted molar refractivity (Wildman–Crippen MR) is 115 cm³/mol. The van der Waals surface area contributed by atoms with E-state index in [0.29, 0.717) is 25.6 Å². The molecule has 0 saturated carbocycles. The van der Waals surface area contributed by atoms with Crippen molar-refractivity contribution in [1.82, 2.24) is 10.6 Å². The van der Waals surface area contributed by atoms with Crippen molar-refractivity contribution in [2.24, 2.45) is 4.99 Å². The maximum Gasteiger partial charge on any atom is 0.191 e. The van der Waals surface area contributed by atoms with Crippen LogP contribution >= 0.6 is 24.0 Å². The number of nitrogens with zero attached hydrogens (tertiary/aromatic N) is 1. The summed E-state index contributed by atoms with van der Waals surface area (Å²) in [4.78, 5) is 4.48. The molecule has 2 N–H and O–H groups in total. The molecule has 1 aromatic carbocycles. The first-order valence-electron chi connectivity index (χ1n) is 8.07. The van der Waals surface area contributed by atoms with Gasteiger partial charge in [0.1, 0.15) is 5.75 Å². The molecule has 0 amide bonds. The van der Waals surface area contributed by atoms with Crippen molar-refractivity contribution in [3.8, 4) is 5.75 Å². The van der Waals surface area contributed by atoms with E-state index >= 15 is 0 Å². The largest absolute Gasteiger partial charge is 0.497 e. The van der Waals surface area contributed by atoms with Gasteiger partial charge in [-0.15, -0.1) is 24.0 Å². The summed E-state index contributed by atoms with van der Waals surface area (Å²) >= 11 is 0. The van der Waals surface area contributed by atoms with Gasteiger partial charge in [-0.2, -0.15) is 0 Å².